The van der Waals surface area contributed by atoms with Gasteiger partial charge in [-0.1, -0.05) is 121 Å². The second kappa shape index (κ2) is 11.0. The number of fused-ring (bicyclic) bond motifs is 4. The highest BCUT2D eigenvalue weighted by atomic mass is 32.1. The van der Waals surface area contributed by atoms with Crippen LogP contribution in [0.25, 0.3) is 87.5 Å². The van der Waals surface area contributed by atoms with Crippen LogP contribution in [0, 0.1) is 0 Å². The van der Waals surface area contributed by atoms with E-state index in [-0.39, 0.29) is 0 Å². The summed E-state index contributed by atoms with van der Waals surface area (Å²) < 4.78 is 8.60. The van der Waals surface area contributed by atoms with E-state index in [9.17, 15) is 0 Å². The Bertz CT molecular complexity index is 2490. The zero-order valence-corrected chi connectivity index (χ0v) is 25.5. The molecule has 6 aromatic carbocycles. The van der Waals surface area contributed by atoms with Gasteiger partial charge >= 0.3 is 0 Å². The Labute approximate surface area is 270 Å². The van der Waals surface area contributed by atoms with Crippen molar-refractivity contribution in [1.29, 1.82) is 0 Å². The predicted octanol–water partition coefficient (Wildman–Crippen LogP) is 11.9. The molecule has 3 aromatic heterocycles. The fraction of sp³-hybridized carbons (Fsp3) is 0. The highest BCUT2D eigenvalue weighted by molar-refractivity contribution is 7.26. The Morgan fingerprint density at radius 1 is 0.457 bits per heavy atom. The summed E-state index contributed by atoms with van der Waals surface area (Å²) in [6, 6.07) is 54.9. The molecular weight excluding hydrogens is 581 g/mol. The summed E-state index contributed by atoms with van der Waals surface area (Å²) in [5, 5.41) is 3.59. The van der Waals surface area contributed by atoms with Crippen LogP contribution < -0.4 is 0 Å². The molecule has 0 bridgehead atoms. The quantitative estimate of drug-likeness (QED) is 0.196. The van der Waals surface area contributed by atoms with Crippen molar-refractivity contribution in [3.8, 4) is 56.4 Å². The first-order valence-electron chi connectivity index (χ1n) is 15.3. The van der Waals surface area contributed by atoms with Gasteiger partial charge in [-0.15, -0.1) is 11.3 Å². The third-order valence-electron chi connectivity index (χ3n) is 8.53. The molecule has 3 nitrogen and oxygen atoms in total. The molecule has 9 aromatic rings. The predicted molar refractivity (Wildman–Crippen MR) is 192 cm³/mol. The SMILES string of the molecule is c1ccc(-c2cccc(-c3cc(-c4ccc(-c5cc6ccccc6o5)cc4)nc(-c4cccc5c4sc4ccccc45)n3)c2)cc1. The number of nitrogens with zero attached hydrogens (tertiary/aromatic N) is 2. The van der Waals surface area contributed by atoms with E-state index in [1.54, 1.807) is 11.3 Å². The van der Waals surface area contributed by atoms with Gasteiger partial charge in [0.05, 0.1) is 11.4 Å². The van der Waals surface area contributed by atoms with Gasteiger partial charge < -0.3 is 4.42 Å². The Balaban J connectivity index is 1.20. The van der Waals surface area contributed by atoms with Crippen molar-refractivity contribution in [3.63, 3.8) is 0 Å². The maximum atomic E-state index is 6.14. The zero-order chi connectivity index (χ0) is 30.5. The van der Waals surface area contributed by atoms with Gasteiger partial charge in [0.2, 0.25) is 0 Å². The maximum absolute atomic E-state index is 6.14. The molecule has 0 aliphatic heterocycles. The molecule has 0 unspecified atom stereocenters. The van der Waals surface area contributed by atoms with E-state index in [1.807, 2.05) is 24.3 Å². The minimum absolute atomic E-state index is 0.719. The summed E-state index contributed by atoms with van der Waals surface area (Å²) in [4.78, 5) is 10.4. The molecule has 0 radical (unpaired) electrons. The van der Waals surface area contributed by atoms with Crippen LogP contribution >= 0.6 is 11.3 Å². The van der Waals surface area contributed by atoms with Crippen LogP contribution in [-0.2, 0) is 0 Å². The Morgan fingerprint density at radius 3 is 2.00 bits per heavy atom. The zero-order valence-electron chi connectivity index (χ0n) is 24.7. The molecule has 0 saturated carbocycles. The summed E-state index contributed by atoms with van der Waals surface area (Å²) in [7, 11) is 0. The molecule has 4 heteroatoms. The van der Waals surface area contributed by atoms with Crippen molar-refractivity contribution < 1.29 is 4.42 Å². The van der Waals surface area contributed by atoms with Crippen LogP contribution in [0.1, 0.15) is 0 Å². The lowest BCUT2D eigenvalue weighted by atomic mass is 10.00. The number of thiophene rings is 1. The molecule has 0 aliphatic carbocycles. The minimum atomic E-state index is 0.719. The van der Waals surface area contributed by atoms with Crippen molar-refractivity contribution in [3.05, 3.63) is 158 Å². The summed E-state index contributed by atoms with van der Waals surface area (Å²) in [6.07, 6.45) is 0. The minimum Gasteiger partial charge on any atom is -0.456 e. The van der Waals surface area contributed by atoms with Gasteiger partial charge in [-0.3, -0.25) is 0 Å². The van der Waals surface area contributed by atoms with Crippen molar-refractivity contribution in [2.75, 3.05) is 0 Å². The molecule has 216 valence electrons. The van der Waals surface area contributed by atoms with Crippen molar-refractivity contribution in [2.24, 2.45) is 0 Å². The molecule has 46 heavy (non-hydrogen) atoms. The molecule has 0 saturated heterocycles. The number of hydrogen-bond acceptors (Lipinski definition) is 4. The van der Waals surface area contributed by atoms with E-state index < -0.39 is 0 Å². The third-order valence-corrected chi connectivity index (χ3v) is 9.75. The number of aromatic nitrogens is 2. The van der Waals surface area contributed by atoms with Crippen LogP contribution in [0.2, 0.25) is 0 Å². The fourth-order valence-corrected chi connectivity index (χ4v) is 7.42. The molecule has 3 heterocycles. The van der Waals surface area contributed by atoms with E-state index in [0.717, 1.165) is 61.8 Å². The lowest BCUT2D eigenvalue weighted by Gasteiger charge is -2.11. The van der Waals surface area contributed by atoms with Crippen LogP contribution in [0.4, 0.5) is 0 Å². The molecule has 0 aliphatic rings. The average molecular weight is 607 g/mol. The topological polar surface area (TPSA) is 38.9 Å². The lowest BCUT2D eigenvalue weighted by molar-refractivity contribution is 0.631. The second-order valence-electron chi connectivity index (χ2n) is 11.4. The summed E-state index contributed by atoms with van der Waals surface area (Å²) in [6.45, 7) is 0. The summed E-state index contributed by atoms with van der Waals surface area (Å²) in [5.74, 6) is 1.57. The van der Waals surface area contributed by atoms with Crippen LogP contribution in [0.15, 0.2) is 162 Å². The smallest absolute Gasteiger partial charge is 0.161 e. The Morgan fingerprint density at radius 2 is 1.13 bits per heavy atom. The molecule has 9 rings (SSSR count). The first-order valence-corrected chi connectivity index (χ1v) is 16.1. The fourth-order valence-electron chi connectivity index (χ4n) is 6.20. The first kappa shape index (κ1) is 26.6. The van der Waals surface area contributed by atoms with Gasteiger partial charge in [0, 0.05) is 47.8 Å². The van der Waals surface area contributed by atoms with Gasteiger partial charge in [-0.05, 0) is 47.5 Å². The van der Waals surface area contributed by atoms with Gasteiger partial charge in [0.25, 0.3) is 0 Å². The average Bonchev–Trinajstić information content (AvgIpc) is 3.74. The standard InChI is InChI=1S/C42H26N2OS/c1-2-10-27(11-3-1)30-13-8-14-31(24-30)37-26-36(28-20-22-29(23-21-28)39-25-32-12-4-6-18-38(32)45-39)43-42(44-37)35-17-9-16-34-33-15-5-7-19-40(33)46-41(34)35/h1-26H. The van der Waals surface area contributed by atoms with E-state index in [1.165, 1.54) is 25.7 Å². The van der Waals surface area contributed by atoms with E-state index >= 15 is 0 Å². The monoisotopic (exact) mass is 606 g/mol. The van der Waals surface area contributed by atoms with Crippen molar-refractivity contribution in [1.82, 2.24) is 9.97 Å². The number of para-hydroxylation sites is 1. The molecule has 0 amide bonds. The Hall–Kier alpha value is -5.84. The molecule has 0 atom stereocenters. The van der Waals surface area contributed by atoms with Gasteiger partial charge in [0.1, 0.15) is 11.3 Å². The maximum Gasteiger partial charge on any atom is 0.161 e. The van der Waals surface area contributed by atoms with Gasteiger partial charge in [0.15, 0.2) is 5.82 Å². The van der Waals surface area contributed by atoms with Crippen LogP contribution in [0.5, 0.6) is 0 Å². The van der Waals surface area contributed by atoms with Crippen LogP contribution in [-0.4, -0.2) is 9.97 Å². The second-order valence-corrected chi connectivity index (χ2v) is 12.5. The lowest BCUT2D eigenvalue weighted by Crippen LogP contribution is -1.96. The number of rotatable bonds is 5. The molecular formula is C42H26N2OS. The number of benzene rings is 6. The highest BCUT2D eigenvalue weighted by Gasteiger charge is 2.16. The first-order chi connectivity index (χ1) is 22.8. The molecule has 0 fully saturated rings. The van der Waals surface area contributed by atoms with Gasteiger partial charge in [-0.25, -0.2) is 9.97 Å². The molecule has 0 N–H and O–H groups in total. The van der Waals surface area contributed by atoms with Crippen molar-refractivity contribution in [2.45, 2.75) is 0 Å². The summed E-state index contributed by atoms with van der Waals surface area (Å²) in [5.41, 5.74) is 9.12. The van der Waals surface area contributed by atoms with E-state index in [4.69, 9.17) is 14.4 Å². The third kappa shape index (κ3) is 4.68. The van der Waals surface area contributed by atoms with Crippen LogP contribution in [0.3, 0.4) is 0 Å². The molecule has 0 spiro atoms. The highest BCUT2D eigenvalue weighted by Crippen LogP contribution is 2.40. The van der Waals surface area contributed by atoms with Crippen molar-refractivity contribution >= 4 is 42.5 Å². The van der Waals surface area contributed by atoms with E-state index in [2.05, 4.69) is 133 Å². The largest absolute Gasteiger partial charge is 0.456 e. The normalized spacial score (nSPS) is 11.5. The number of hydrogen-bond donors (Lipinski definition) is 0. The van der Waals surface area contributed by atoms with Gasteiger partial charge in [-0.2, -0.15) is 0 Å². The summed E-state index contributed by atoms with van der Waals surface area (Å²) >= 11 is 1.80. The number of furan rings is 1. The Kier molecular flexibility index (Phi) is 6.32. The van der Waals surface area contributed by atoms with E-state index in [0.29, 0.717) is 0 Å².